The van der Waals surface area contributed by atoms with Gasteiger partial charge < -0.3 is 14.7 Å². The quantitative estimate of drug-likeness (QED) is 0.812. The van der Waals surface area contributed by atoms with Crippen LogP contribution in [-0.4, -0.2) is 71.2 Å². The third-order valence-electron chi connectivity index (χ3n) is 4.77. The van der Waals surface area contributed by atoms with Crippen LogP contribution in [0.15, 0.2) is 12.4 Å². The van der Waals surface area contributed by atoms with Gasteiger partial charge in [0.1, 0.15) is 0 Å². The molecule has 0 unspecified atom stereocenters. The average Bonchev–Trinajstić information content (AvgIpc) is 3.13. The lowest BCUT2D eigenvalue weighted by molar-refractivity contribution is -0.137. The summed E-state index contributed by atoms with van der Waals surface area (Å²) in [6, 6.07) is 0. The van der Waals surface area contributed by atoms with E-state index >= 15 is 0 Å². The lowest BCUT2D eigenvalue weighted by Crippen LogP contribution is -2.49. The molecule has 2 aliphatic rings. The molecule has 0 saturated carbocycles. The van der Waals surface area contributed by atoms with Crippen LogP contribution < -0.4 is 4.90 Å². The van der Waals surface area contributed by atoms with E-state index in [9.17, 15) is 9.59 Å². The van der Waals surface area contributed by atoms with E-state index in [2.05, 4.69) is 30.9 Å². The molecule has 0 radical (unpaired) electrons. The van der Waals surface area contributed by atoms with E-state index in [0.29, 0.717) is 18.9 Å². The van der Waals surface area contributed by atoms with Crippen LogP contribution in [0.4, 0.5) is 5.69 Å². The number of piperazine rings is 1. The number of carbonyl (C=O) groups excluding carboxylic acids is 2. The number of carbonyl (C=O) groups is 2. The van der Waals surface area contributed by atoms with Gasteiger partial charge in [0.15, 0.2) is 0 Å². The second-order valence-corrected chi connectivity index (χ2v) is 7.35. The summed E-state index contributed by atoms with van der Waals surface area (Å²) in [6.07, 6.45) is 3.93. The number of anilines is 1. The summed E-state index contributed by atoms with van der Waals surface area (Å²) in [6.45, 7) is 8.87. The van der Waals surface area contributed by atoms with Crippen LogP contribution in [0.25, 0.3) is 0 Å². The molecule has 7 nitrogen and oxygen atoms in total. The fourth-order valence-corrected chi connectivity index (χ4v) is 3.37. The molecule has 3 rings (SSSR count). The Morgan fingerprint density at radius 3 is 2.67 bits per heavy atom. The maximum Gasteiger partial charge on any atom is 0.228 e. The van der Waals surface area contributed by atoms with E-state index in [1.54, 1.807) is 11.1 Å². The Morgan fingerprint density at radius 1 is 1.29 bits per heavy atom. The molecule has 2 saturated heterocycles. The number of hydrogen-bond acceptors (Lipinski definition) is 4. The topological polar surface area (TPSA) is 61.7 Å². The largest absolute Gasteiger partial charge is 0.340 e. The number of likely N-dealkylation sites (N-methyl/N-ethyl adjacent to an activating group) is 1. The van der Waals surface area contributed by atoms with Crippen molar-refractivity contribution in [3.05, 3.63) is 12.4 Å². The third kappa shape index (κ3) is 3.61. The molecule has 132 valence electrons. The van der Waals surface area contributed by atoms with E-state index < -0.39 is 0 Å². The Balaban J connectivity index is 1.63. The molecule has 2 fully saturated rings. The van der Waals surface area contributed by atoms with Gasteiger partial charge in [-0.15, -0.1) is 0 Å². The zero-order valence-corrected chi connectivity index (χ0v) is 14.8. The van der Waals surface area contributed by atoms with Crippen molar-refractivity contribution >= 4 is 17.5 Å². The van der Waals surface area contributed by atoms with Crippen molar-refractivity contribution < 1.29 is 9.59 Å². The summed E-state index contributed by atoms with van der Waals surface area (Å²) >= 11 is 0. The lowest BCUT2D eigenvalue weighted by atomic mass is 10.1. The first-order valence-corrected chi connectivity index (χ1v) is 8.74. The molecule has 0 spiro atoms. The second-order valence-electron chi connectivity index (χ2n) is 7.35. The highest BCUT2D eigenvalue weighted by Crippen LogP contribution is 2.26. The maximum atomic E-state index is 12.7. The fraction of sp³-hybridized carbons (Fsp3) is 0.706. The number of rotatable bonds is 4. The van der Waals surface area contributed by atoms with Crippen LogP contribution >= 0.6 is 0 Å². The highest BCUT2D eigenvalue weighted by atomic mass is 16.2. The minimum atomic E-state index is -0.227. The molecule has 24 heavy (non-hydrogen) atoms. The van der Waals surface area contributed by atoms with Gasteiger partial charge in [-0.25, -0.2) is 0 Å². The van der Waals surface area contributed by atoms with Crippen LogP contribution in [0.3, 0.4) is 0 Å². The summed E-state index contributed by atoms with van der Waals surface area (Å²) in [5, 5.41) is 4.33. The highest BCUT2D eigenvalue weighted by Gasteiger charge is 2.38. The average molecular weight is 333 g/mol. The molecule has 7 heteroatoms. The van der Waals surface area contributed by atoms with E-state index in [4.69, 9.17) is 0 Å². The highest BCUT2D eigenvalue weighted by molar-refractivity contribution is 6.00. The molecule has 1 aromatic rings. The van der Waals surface area contributed by atoms with Crippen molar-refractivity contribution in [2.75, 3.05) is 44.7 Å². The lowest BCUT2D eigenvalue weighted by Gasteiger charge is -2.33. The Morgan fingerprint density at radius 2 is 2.00 bits per heavy atom. The first-order valence-electron chi connectivity index (χ1n) is 8.74. The number of amides is 2. The van der Waals surface area contributed by atoms with Gasteiger partial charge in [-0.3, -0.25) is 14.3 Å². The summed E-state index contributed by atoms with van der Waals surface area (Å²) in [4.78, 5) is 30.9. The molecule has 0 aromatic carbocycles. The van der Waals surface area contributed by atoms with Crippen molar-refractivity contribution in [1.29, 1.82) is 0 Å². The molecule has 3 heterocycles. The van der Waals surface area contributed by atoms with Crippen molar-refractivity contribution in [3.63, 3.8) is 0 Å². The SMILES string of the molecule is CC(C)Cn1cc(N2C[C@H](C(=O)N3CCN(C)CC3)CC2=O)cn1. The minimum absolute atomic E-state index is 0.0200. The third-order valence-corrected chi connectivity index (χ3v) is 4.77. The fourth-order valence-electron chi connectivity index (χ4n) is 3.37. The van der Waals surface area contributed by atoms with Crippen molar-refractivity contribution in [3.8, 4) is 0 Å². The molecule has 1 aromatic heterocycles. The van der Waals surface area contributed by atoms with Crippen LogP contribution in [0.1, 0.15) is 20.3 Å². The summed E-state index contributed by atoms with van der Waals surface area (Å²) < 4.78 is 1.86. The standard InChI is InChI=1S/C17H27N5O2/c1-13(2)10-21-12-15(9-18-21)22-11-14(8-16(22)23)17(24)20-6-4-19(3)5-7-20/h9,12-14H,4-8,10-11H2,1-3H3/t14-/m1/s1. The molecular formula is C17H27N5O2. The van der Waals surface area contributed by atoms with Crippen LogP contribution in [0, 0.1) is 11.8 Å². The molecule has 2 aliphatic heterocycles. The Bertz CT molecular complexity index is 604. The second kappa shape index (κ2) is 6.93. The number of nitrogens with zero attached hydrogens (tertiary/aromatic N) is 5. The summed E-state index contributed by atoms with van der Waals surface area (Å²) in [7, 11) is 2.07. The predicted molar refractivity (Wildman–Crippen MR) is 91.6 cm³/mol. The van der Waals surface area contributed by atoms with E-state index in [0.717, 1.165) is 38.4 Å². The molecule has 0 aliphatic carbocycles. The first-order chi connectivity index (χ1) is 11.4. The van der Waals surface area contributed by atoms with Gasteiger partial charge in [0, 0.05) is 51.9 Å². The normalized spacial score (nSPS) is 22.7. The van der Waals surface area contributed by atoms with Crippen LogP contribution in [0.5, 0.6) is 0 Å². The van der Waals surface area contributed by atoms with E-state index in [1.807, 2.05) is 15.8 Å². The molecule has 2 amide bonds. The van der Waals surface area contributed by atoms with Gasteiger partial charge in [-0.2, -0.15) is 5.10 Å². The summed E-state index contributed by atoms with van der Waals surface area (Å²) in [5.41, 5.74) is 0.800. The Labute approximate surface area is 143 Å². The Hall–Kier alpha value is -1.89. The van der Waals surface area contributed by atoms with Crippen LogP contribution in [-0.2, 0) is 16.1 Å². The molecular weight excluding hydrogens is 306 g/mol. The van der Waals surface area contributed by atoms with Gasteiger partial charge in [-0.1, -0.05) is 13.8 Å². The minimum Gasteiger partial charge on any atom is -0.340 e. The predicted octanol–water partition coefficient (Wildman–Crippen LogP) is 0.666. The first kappa shape index (κ1) is 17.0. The smallest absolute Gasteiger partial charge is 0.228 e. The van der Waals surface area contributed by atoms with Crippen molar-refractivity contribution in [2.24, 2.45) is 11.8 Å². The van der Waals surface area contributed by atoms with Gasteiger partial charge in [0.25, 0.3) is 0 Å². The molecule has 0 N–H and O–H groups in total. The Kier molecular flexibility index (Phi) is 4.89. The van der Waals surface area contributed by atoms with Gasteiger partial charge in [0.2, 0.25) is 11.8 Å². The summed E-state index contributed by atoms with van der Waals surface area (Å²) in [5.74, 6) is 0.410. The van der Waals surface area contributed by atoms with Crippen molar-refractivity contribution in [2.45, 2.75) is 26.8 Å². The van der Waals surface area contributed by atoms with E-state index in [1.165, 1.54) is 0 Å². The number of hydrogen-bond donors (Lipinski definition) is 0. The zero-order valence-electron chi connectivity index (χ0n) is 14.8. The number of aromatic nitrogens is 2. The van der Waals surface area contributed by atoms with Gasteiger partial charge in [-0.05, 0) is 13.0 Å². The molecule has 0 bridgehead atoms. The van der Waals surface area contributed by atoms with E-state index in [-0.39, 0.29) is 17.7 Å². The molecule has 1 atom stereocenters. The van der Waals surface area contributed by atoms with Crippen molar-refractivity contribution in [1.82, 2.24) is 19.6 Å². The van der Waals surface area contributed by atoms with Gasteiger partial charge in [0.05, 0.1) is 17.8 Å². The maximum absolute atomic E-state index is 12.7. The van der Waals surface area contributed by atoms with Crippen LogP contribution in [0.2, 0.25) is 0 Å². The van der Waals surface area contributed by atoms with Gasteiger partial charge >= 0.3 is 0 Å². The monoisotopic (exact) mass is 333 g/mol. The zero-order chi connectivity index (χ0) is 17.3.